The van der Waals surface area contributed by atoms with Crippen LogP contribution in [0.4, 0.5) is 0 Å². The first-order chi connectivity index (χ1) is 9.13. The van der Waals surface area contributed by atoms with E-state index >= 15 is 0 Å². The van der Waals surface area contributed by atoms with Crippen molar-refractivity contribution in [1.82, 2.24) is 0 Å². The van der Waals surface area contributed by atoms with E-state index in [-0.39, 0.29) is 7.43 Å². The quantitative estimate of drug-likeness (QED) is 0.564. The van der Waals surface area contributed by atoms with Crippen molar-refractivity contribution in [3.63, 3.8) is 0 Å². The first-order valence-electron chi connectivity index (χ1n) is 7.01. The summed E-state index contributed by atoms with van der Waals surface area (Å²) in [4.78, 5) is 0. The Hall–Kier alpha value is -1.82. The van der Waals surface area contributed by atoms with Gasteiger partial charge in [0.05, 0.1) is 0 Å². The SMILES string of the molecule is C.C/C=C(/C)c1ccc2ccc(C)c3c2c1C(C)C=C3. The molecular weight excluding hydrogens is 240 g/mol. The summed E-state index contributed by atoms with van der Waals surface area (Å²) in [6, 6.07) is 9.01. The number of benzene rings is 2. The highest BCUT2D eigenvalue weighted by Crippen LogP contribution is 2.40. The predicted molar refractivity (Wildman–Crippen MR) is 92.2 cm³/mol. The minimum absolute atomic E-state index is 0. The monoisotopic (exact) mass is 264 g/mol. The van der Waals surface area contributed by atoms with E-state index in [2.05, 4.69) is 70.2 Å². The largest absolute Gasteiger partial charge is 0.0841 e. The van der Waals surface area contributed by atoms with Crippen molar-refractivity contribution in [2.45, 2.75) is 41.0 Å². The summed E-state index contributed by atoms with van der Waals surface area (Å²) in [6.07, 6.45) is 6.83. The molecule has 104 valence electrons. The van der Waals surface area contributed by atoms with Crippen LogP contribution in [-0.4, -0.2) is 0 Å². The first-order valence-corrected chi connectivity index (χ1v) is 7.01. The molecule has 20 heavy (non-hydrogen) atoms. The van der Waals surface area contributed by atoms with Crippen molar-refractivity contribution < 1.29 is 0 Å². The van der Waals surface area contributed by atoms with Crippen LogP contribution in [0, 0.1) is 6.92 Å². The van der Waals surface area contributed by atoms with Gasteiger partial charge in [-0.05, 0) is 59.4 Å². The average molecular weight is 264 g/mol. The van der Waals surface area contributed by atoms with Gasteiger partial charge < -0.3 is 0 Å². The zero-order valence-electron chi connectivity index (χ0n) is 12.1. The molecule has 3 rings (SSSR count). The van der Waals surface area contributed by atoms with Crippen LogP contribution < -0.4 is 0 Å². The van der Waals surface area contributed by atoms with E-state index < -0.39 is 0 Å². The fourth-order valence-corrected chi connectivity index (χ4v) is 3.10. The third kappa shape index (κ3) is 2.00. The highest BCUT2D eigenvalue weighted by Gasteiger charge is 2.19. The van der Waals surface area contributed by atoms with Gasteiger partial charge in [-0.15, -0.1) is 0 Å². The lowest BCUT2D eigenvalue weighted by atomic mass is 9.81. The standard InChI is InChI=1S/C19H20.CH4/c1-5-12(2)16-11-9-15-8-6-13(3)17-10-7-14(4)18(16)19(15)17;/h5-11,14H,1-4H3;1H4/b12-5-;. The molecule has 1 aliphatic rings. The van der Waals surface area contributed by atoms with Crippen LogP contribution in [0.25, 0.3) is 22.4 Å². The van der Waals surface area contributed by atoms with Gasteiger partial charge in [-0.25, -0.2) is 0 Å². The highest BCUT2D eigenvalue weighted by molar-refractivity contribution is 5.99. The Morgan fingerprint density at radius 2 is 1.85 bits per heavy atom. The topological polar surface area (TPSA) is 0 Å². The summed E-state index contributed by atoms with van der Waals surface area (Å²) in [6.45, 7) is 8.82. The van der Waals surface area contributed by atoms with E-state index in [9.17, 15) is 0 Å². The molecule has 0 saturated carbocycles. The fraction of sp³-hybridized carbons (Fsp3) is 0.300. The van der Waals surface area contributed by atoms with Crippen molar-refractivity contribution in [3.05, 3.63) is 58.7 Å². The third-order valence-corrected chi connectivity index (χ3v) is 4.35. The van der Waals surface area contributed by atoms with E-state index in [4.69, 9.17) is 0 Å². The maximum absolute atomic E-state index is 2.33. The maximum atomic E-state index is 2.33. The van der Waals surface area contributed by atoms with Gasteiger partial charge in [0.25, 0.3) is 0 Å². The van der Waals surface area contributed by atoms with Gasteiger partial charge in [0.2, 0.25) is 0 Å². The zero-order valence-corrected chi connectivity index (χ0v) is 12.1. The second-order valence-corrected chi connectivity index (χ2v) is 5.54. The van der Waals surface area contributed by atoms with Crippen LogP contribution in [0.15, 0.2) is 36.4 Å². The molecule has 1 unspecified atom stereocenters. The summed E-state index contributed by atoms with van der Waals surface area (Å²) in [5, 5.41) is 2.81. The highest BCUT2D eigenvalue weighted by atomic mass is 14.2. The molecule has 1 aliphatic carbocycles. The summed E-state index contributed by atoms with van der Waals surface area (Å²) in [5.41, 5.74) is 7.03. The van der Waals surface area contributed by atoms with Crippen LogP contribution in [0.3, 0.4) is 0 Å². The number of allylic oxidation sites excluding steroid dienone is 3. The number of rotatable bonds is 1. The van der Waals surface area contributed by atoms with E-state index in [1.54, 1.807) is 0 Å². The molecular formula is C20H24. The van der Waals surface area contributed by atoms with E-state index in [1.165, 1.54) is 38.6 Å². The fourth-order valence-electron chi connectivity index (χ4n) is 3.10. The smallest absolute Gasteiger partial charge is 0.000531 e. The molecule has 2 aromatic rings. The molecule has 2 aromatic carbocycles. The van der Waals surface area contributed by atoms with Gasteiger partial charge in [0, 0.05) is 5.92 Å². The molecule has 0 heteroatoms. The third-order valence-electron chi connectivity index (χ3n) is 4.35. The molecule has 0 nitrogen and oxygen atoms in total. The molecule has 0 spiro atoms. The van der Waals surface area contributed by atoms with Crippen LogP contribution in [0.1, 0.15) is 56.4 Å². The molecule has 0 N–H and O–H groups in total. The van der Waals surface area contributed by atoms with Gasteiger partial charge >= 0.3 is 0 Å². The molecule has 0 saturated heterocycles. The molecule has 0 aliphatic heterocycles. The normalized spacial score (nSPS) is 17.2. The Balaban J connectivity index is 0.00000147. The minimum atomic E-state index is 0. The lowest BCUT2D eigenvalue weighted by molar-refractivity contribution is 0.972. The molecule has 0 radical (unpaired) electrons. The van der Waals surface area contributed by atoms with Gasteiger partial charge in [0.15, 0.2) is 0 Å². The zero-order chi connectivity index (χ0) is 13.6. The lowest BCUT2D eigenvalue weighted by Crippen LogP contribution is -2.03. The summed E-state index contributed by atoms with van der Waals surface area (Å²) < 4.78 is 0. The van der Waals surface area contributed by atoms with E-state index in [0.717, 1.165) is 0 Å². The Bertz CT molecular complexity index is 714. The van der Waals surface area contributed by atoms with E-state index in [1.807, 2.05) is 0 Å². The average Bonchev–Trinajstić information content (AvgIpc) is 2.43. The second kappa shape index (κ2) is 5.28. The van der Waals surface area contributed by atoms with Crippen molar-refractivity contribution in [1.29, 1.82) is 0 Å². The molecule has 0 fully saturated rings. The van der Waals surface area contributed by atoms with Crippen LogP contribution in [0.2, 0.25) is 0 Å². The molecule has 0 bridgehead atoms. The number of hydrogen-bond acceptors (Lipinski definition) is 0. The Morgan fingerprint density at radius 3 is 2.55 bits per heavy atom. The van der Waals surface area contributed by atoms with Crippen molar-refractivity contribution in [3.8, 4) is 0 Å². The van der Waals surface area contributed by atoms with Crippen molar-refractivity contribution in [2.75, 3.05) is 0 Å². The number of hydrogen-bond donors (Lipinski definition) is 0. The van der Waals surface area contributed by atoms with Crippen LogP contribution in [-0.2, 0) is 0 Å². The van der Waals surface area contributed by atoms with Gasteiger partial charge in [-0.3, -0.25) is 0 Å². The van der Waals surface area contributed by atoms with E-state index in [0.29, 0.717) is 5.92 Å². The second-order valence-electron chi connectivity index (χ2n) is 5.54. The summed E-state index contributed by atoms with van der Waals surface area (Å²) in [7, 11) is 0. The van der Waals surface area contributed by atoms with Gasteiger partial charge in [-0.2, -0.15) is 0 Å². The van der Waals surface area contributed by atoms with Crippen molar-refractivity contribution >= 4 is 22.4 Å². The van der Waals surface area contributed by atoms with Crippen molar-refractivity contribution in [2.24, 2.45) is 0 Å². The predicted octanol–water partition coefficient (Wildman–Crippen LogP) is 6.34. The Kier molecular flexibility index (Phi) is 3.85. The summed E-state index contributed by atoms with van der Waals surface area (Å²) in [5.74, 6) is 0.489. The summed E-state index contributed by atoms with van der Waals surface area (Å²) >= 11 is 0. The molecule has 0 amide bonds. The number of aryl methyl sites for hydroxylation is 1. The Labute approximate surface area is 122 Å². The maximum Gasteiger partial charge on any atom is 0.000531 e. The molecule has 0 aromatic heterocycles. The first kappa shape index (κ1) is 14.6. The van der Waals surface area contributed by atoms with Crippen LogP contribution in [0.5, 0.6) is 0 Å². The minimum Gasteiger partial charge on any atom is -0.0841 e. The Morgan fingerprint density at radius 1 is 1.15 bits per heavy atom. The van der Waals surface area contributed by atoms with Gasteiger partial charge in [-0.1, -0.05) is 56.8 Å². The van der Waals surface area contributed by atoms with Crippen LogP contribution >= 0.6 is 0 Å². The lowest BCUT2D eigenvalue weighted by Gasteiger charge is -2.23. The van der Waals surface area contributed by atoms with Gasteiger partial charge in [0.1, 0.15) is 0 Å². The molecule has 0 heterocycles. The molecule has 1 atom stereocenters.